The lowest BCUT2D eigenvalue weighted by molar-refractivity contribution is -0.138. The van der Waals surface area contributed by atoms with Crippen molar-refractivity contribution in [3.8, 4) is 0 Å². The highest BCUT2D eigenvalue weighted by Crippen LogP contribution is 2.24. The molecule has 1 heterocycles. The highest BCUT2D eigenvalue weighted by atomic mass is 16.2. The fourth-order valence-corrected chi connectivity index (χ4v) is 1.88. The van der Waals surface area contributed by atoms with Crippen LogP contribution in [0.5, 0.6) is 0 Å². The van der Waals surface area contributed by atoms with Crippen LogP contribution in [0.15, 0.2) is 0 Å². The van der Waals surface area contributed by atoms with Crippen molar-refractivity contribution in [2.75, 3.05) is 13.1 Å². The summed E-state index contributed by atoms with van der Waals surface area (Å²) in [5.74, 6) is 0.738. The molecule has 2 unspecified atom stereocenters. The third-order valence-electron chi connectivity index (χ3n) is 2.90. The first kappa shape index (κ1) is 11.5. The smallest absolute Gasteiger partial charge is 0.227 e. The maximum Gasteiger partial charge on any atom is 0.227 e. The Morgan fingerprint density at radius 3 is 2.43 bits per heavy atom. The van der Waals surface area contributed by atoms with E-state index in [0.717, 1.165) is 19.5 Å². The Kier molecular flexibility index (Phi) is 3.20. The molecule has 1 aliphatic heterocycles. The van der Waals surface area contributed by atoms with Gasteiger partial charge in [-0.05, 0) is 19.3 Å². The van der Waals surface area contributed by atoms with E-state index in [0.29, 0.717) is 5.92 Å². The first-order chi connectivity index (χ1) is 6.32. The Bertz CT molecular complexity index is 218. The van der Waals surface area contributed by atoms with Crippen LogP contribution in [0.3, 0.4) is 0 Å². The minimum atomic E-state index is -0.257. The minimum absolute atomic E-state index is 0.202. The molecule has 0 saturated carbocycles. The Morgan fingerprint density at radius 1 is 1.50 bits per heavy atom. The van der Waals surface area contributed by atoms with Crippen molar-refractivity contribution in [2.24, 2.45) is 17.1 Å². The van der Waals surface area contributed by atoms with Crippen LogP contribution >= 0.6 is 0 Å². The molecule has 2 N–H and O–H groups in total. The molecule has 14 heavy (non-hydrogen) atoms. The quantitative estimate of drug-likeness (QED) is 0.689. The van der Waals surface area contributed by atoms with Gasteiger partial charge in [-0.15, -0.1) is 0 Å². The number of likely N-dealkylation sites (tertiary alicyclic amines) is 1. The number of hydrogen-bond acceptors (Lipinski definition) is 2. The number of rotatable bonds is 1. The molecule has 0 spiro atoms. The second-order valence-corrected chi connectivity index (χ2v) is 5.41. The SMILES string of the molecule is CC(N)C1CCN(C(=O)C(C)(C)C)C1. The van der Waals surface area contributed by atoms with Crippen molar-refractivity contribution in [1.82, 2.24) is 4.90 Å². The van der Waals surface area contributed by atoms with Gasteiger partial charge < -0.3 is 10.6 Å². The molecule has 0 aromatic carbocycles. The highest BCUT2D eigenvalue weighted by molar-refractivity contribution is 5.81. The Labute approximate surface area is 86.6 Å². The van der Waals surface area contributed by atoms with Gasteiger partial charge in [-0.3, -0.25) is 4.79 Å². The largest absolute Gasteiger partial charge is 0.342 e. The average molecular weight is 198 g/mol. The monoisotopic (exact) mass is 198 g/mol. The average Bonchev–Trinajstić information content (AvgIpc) is 2.48. The van der Waals surface area contributed by atoms with Gasteiger partial charge in [-0.25, -0.2) is 0 Å². The van der Waals surface area contributed by atoms with Gasteiger partial charge >= 0.3 is 0 Å². The first-order valence-corrected chi connectivity index (χ1v) is 5.37. The molecule has 1 amide bonds. The number of hydrogen-bond donors (Lipinski definition) is 1. The summed E-state index contributed by atoms with van der Waals surface area (Å²) in [5.41, 5.74) is 5.57. The summed E-state index contributed by atoms with van der Waals surface area (Å²) >= 11 is 0. The number of amides is 1. The van der Waals surface area contributed by atoms with Crippen LogP contribution in [0.1, 0.15) is 34.1 Å². The van der Waals surface area contributed by atoms with Gasteiger partial charge in [0, 0.05) is 24.5 Å². The maximum atomic E-state index is 11.9. The fourth-order valence-electron chi connectivity index (χ4n) is 1.88. The highest BCUT2D eigenvalue weighted by Gasteiger charge is 2.33. The topological polar surface area (TPSA) is 46.3 Å². The summed E-state index contributed by atoms with van der Waals surface area (Å²) in [6, 6.07) is 0.202. The molecule has 82 valence electrons. The Morgan fingerprint density at radius 2 is 2.07 bits per heavy atom. The van der Waals surface area contributed by atoms with Gasteiger partial charge in [0.2, 0.25) is 5.91 Å². The van der Waals surface area contributed by atoms with Gasteiger partial charge in [0.15, 0.2) is 0 Å². The molecule has 0 radical (unpaired) electrons. The fraction of sp³-hybridized carbons (Fsp3) is 0.909. The lowest BCUT2D eigenvalue weighted by Crippen LogP contribution is -2.39. The molecule has 0 aromatic rings. The van der Waals surface area contributed by atoms with Crippen molar-refractivity contribution in [2.45, 2.75) is 40.2 Å². The molecule has 1 fully saturated rings. The van der Waals surface area contributed by atoms with Crippen LogP contribution in [0.25, 0.3) is 0 Å². The van der Waals surface area contributed by atoms with E-state index in [1.807, 2.05) is 32.6 Å². The van der Waals surface area contributed by atoms with Gasteiger partial charge in [0.25, 0.3) is 0 Å². The van der Waals surface area contributed by atoms with Gasteiger partial charge in [0.1, 0.15) is 0 Å². The molecule has 3 nitrogen and oxygen atoms in total. The molecular weight excluding hydrogens is 176 g/mol. The van der Waals surface area contributed by atoms with Gasteiger partial charge in [-0.2, -0.15) is 0 Å². The molecule has 0 aliphatic carbocycles. The molecule has 2 atom stereocenters. The van der Waals surface area contributed by atoms with Crippen molar-refractivity contribution in [1.29, 1.82) is 0 Å². The van der Waals surface area contributed by atoms with Crippen LogP contribution in [-0.2, 0) is 4.79 Å². The molecule has 0 bridgehead atoms. The summed E-state index contributed by atoms with van der Waals surface area (Å²) < 4.78 is 0. The molecule has 1 aliphatic rings. The van der Waals surface area contributed by atoms with Crippen LogP contribution in [-0.4, -0.2) is 29.9 Å². The lowest BCUT2D eigenvalue weighted by atomic mass is 9.95. The molecule has 1 saturated heterocycles. The number of nitrogens with zero attached hydrogens (tertiary/aromatic N) is 1. The van der Waals surface area contributed by atoms with Crippen molar-refractivity contribution in [3.05, 3.63) is 0 Å². The van der Waals surface area contributed by atoms with Crippen LogP contribution < -0.4 is 5.73 Å². The summed E-state index contributed by atoms with van der Waals surface area (Å²) in [6.45, 7) is 9.64. The maximum absolute atomic E-state index is 11.9. The van der Waals surface area contributed by atoms with Crippen molar-refractivity contribution in [3.63, 3.8) is 0 Å². The predicted octanol–water partition coefficient (Wildman–Crippen LogP) is 1.23. The normalized spacial score (nSPS) is 25.2. The van der Waals surface area contributed by atoms with E-state index in [1.165, 1.54) is 0 Å². The van der Waals surface area contributed by atoms with Crippen LogP contribution in [0.2, 0.25) is 0 Å². The molecule has 1 rings (SSSR count). The third-order valence-corrected chi connectivity index (χ3v) is 2.90. The second-order valence-electron chi connectivity index (χ2n) is 5.41. The van der Waals surface area contributed by atoms with E-state index in [2.05, 4.69) is 0 Å². The zero-order valence-corrected chi connectivity index (χ0v) is 9.71. The van der Waals surface area contributed by atoms with E-state index in [-0.39, 0.29) is 17.4 Å². The van der Waals surface area contributed by atoms with E-state index >= 15 is 0 Å². The predicted molar refractivity (Wildman–Crippen MR) is 57.8 cm³/mol. The Balaban J connectivity index is 2.54. The van der Waals surface area contributed by atoms with Crippen LogP contribution in [0.4, 0.5) is 0 Å². The van der Waals surface area contributed by atoms with Gasteiger partial charge in [0.05, 0.1) is 0 Å². The van der Waals surface area contributed by atoms with E-state index in [1.54, 1.807) is 0 Å². The summed E-state index contributed by atoms with van der Waals surface area (Å²) in [7, 11) is 0. The third kappa shape index (κ3) is 2.47. The molecule has 0 aromatic heterocycles. The van der Waals surface area contributed by atoms with Gasteiger partial charge in [-0.1, -0.05) is 20.8 Å². The first-order valence-electron chi connectivity index (χ1n) is 5.37. The van der Waals surface area contributed by atoms with E-state index in [9.17, 15) is 4.79 Å². The summed E-state index contributed by atoms with van der Waals surface area (Å²) in [6.07, 6.45) is 1.06. The summed E-state index contributed by atoms with van der Waals surface area (Å²) in [4.78, 5) is 13.9. The number of carbonyl (C=O) groups excluding carboxylic acids is 1. The molecule has 3 heteroatoms. The van der Waals surface area contributed by atoms with E-state index < -0.39 is 0 Å². The zero-order valence-electron chi connectivity index (χ0n) is 9.71. The second kappa shape index (κ2) is 3.89. The Hall–Kier alpha value is -0.570. The zero-order chi connectivity index (χ0) is 10.9. The van der Waals surface area contributed by atoms with Crippen LogP contribution in [0, 0.1) is 11.3 Å². The summed E-state index contributed by atoms with van der Waals surface area (Å²) in [5, 5.41) is 0. The van der Waals surface area contributed by atoms with Crippen molar-refractivity contribution >= 4 is 5.91 Å². The number of carbonyl (C=O) groups is 1. The lowest BCUT2D eigenvalue weighted by Gasteiger charge is -2.26. The van der Waals surface area contributed by atoms with E-state index in [4.69, 9.17) is 5.73 Å². The number of nitrogens with two attached hydrogens (primary N) is 1. The minimum Gasteiger partial charge on any atom is -0.342 e. The van der Waals surface area contributed by atoms with Crippen molar-refractivity contribution < 1.29 is 4.79 Å². The standard InChI is InChI=1S/C11H22N2O/c1-8(12)9-5-6-13(7-9)10(14)11(2,3)4/h8-9H,5-7,12H2,1-4H3. The molecular formula is C11H22N2O.